The molecule has 1 saturated heterocycles. The van der Waals surface area contributed by atoms with Crippen molar-refractivity contribution in [3.05, 3.63) is 30.0 Å². The highest BCUT2D eigenvalue weighted by atomic mass is 16.6. The number of hydrogen-bond donors (Lipinski definition) is 5. The van der Waals surface area contributed by atoms with Crippen molar-refractivity contribution in [3.63, 3.8) is 0 Å². The summed E-state index contributed by atoms with van der Waals surface area (Å²) in [6.07, 6.45) is -2.55. The van der Waals surface area contributed by atoms with Crippen molar-refractivity contribution in [1.82, 2.24) is 0 Å². The standard InChI is InChI=1S/C17H23NO7/c19-6-4-18(5-7-20)12-3-1-2-10-11(9-24-16(10)12)17-15(23)14(22)13(8-21)25-17/h1-3,9,13-15,17,19-23H,4-8H2/t13-,14-,15-,17+/m1/s1. The molecule has 1 aromatic carbocycles. The molecule has 5 N–H and O–H groups in total. The molecule has 2 heterocycles. The Bertz CT molecular complexity index is 697. The second kappa shape index (κ2) is 7.69. The first-order chi connectivity index (χ1) is 12.1. The van der Waals surface area contributed by atoms with Crippen molar-refractivity contribution in [3.8, 4) is 0 Å². The molecule has 0 saturated carbocycles. The zero-order chi connectivity index (χ0) is 18.0. The van der Waals surface area contributed by atoms with Gasteiger partial charge < -0.3 is 39.6 Å². The first-order valence-electron chi connectivity index (χ1n) is 8.21. The van der Waals surface area contributed by atoms with Crippen LogP contribution in [0, 0.1) is 0 Å². The van der Waals surface area contributed by atoms with E-state index in [2.05, 4.69) is 0 Å². The van der Waals surface area contributed by atoms with Crippen LogP contribution >= 0.6 is 0 Å². The molecule has 0 aliphatic carbocycles. The van der Waals surface area contributed by atoms with Crippen molar-refractivity contribution in [2.45, 2.75) is 24.4 Å². The minimum absolute atomic E-state index is 0.0707. The van der Waals surface area contributed by atoms with E-state index in [1.807, 2.05) is 12.1 Å². The molecule has 1 aliphatic heterocycles. The summed E-state index contributed by atoms with van der Waals surface area (Å²) in [4.78, 5) is 1.80. The summed E-state index contributed by atoms with van der Waals surface area (Å²) < 4.78 is 11.3. The number of rotatable bonds is 7. The van der Waals surface area contributed by atoms with E-state index in [0.717, 1.165) is 0 Å². The number of anilines is 1. The molecule has 1 aromatic heterocycles. The fraction of sp³-hybridized carbons (Fsp3) is 0.529. The fourth-order valence-corrected chi connectivity index (χ4v) is 3.28. The number of hydrogen-bond acceptors (Lipinski definition) is 8. The summed E-state index contributed by atoms with van der Waals surface area (Å²) in [5.41, 5.74) is 1.82. The van der Waals surface area contributed by atoms with Gasteiger partial charge in [-0.05, 0) is 6.07 Å². The Labute approximate surface area is 144 Å². The lowest BCUT2D eigenvalue weighted by molar-refractivity contribution is -0.0225. The molecule has 8 nitrogen and oxygen atoms in total. The topological polar surface area (TPSA) is 127 Å². The Morgan fingerprint density at radius 3 is 2.32 bits per heavy atom. The lowest BCUT2D eigenvalue weighted by atomic mass is 10.0. The third-order valence-corrected chi connectivity index (χ3v) is 4.54. The van der Waals surface area contributed by atoms with Crippen LogP contribution in [0.3, 0.4) is 0 Å². The maximum absolute atomic E-state index is 10.2. The van der Waals surface area contributed by atoms with Gasteiger partial charge in [-0.1, -0.05) is 12.1 Å². The SMILES string of the molecule is OCCN(CCO)c1cccc2c([C@@H]3O[C@H](CO)[C@@H](O)[C@H]3O)coc12. The molecule has 0 spiro atoms. The van der Waals surface area contributed by atoms with Crippen LogP contribution in [0.25, 0.3) is 11.0 Å². The second-order valence-electron chi connectivity index (χ2n) is 6.04. The molecule has 1 aliphatic rings. The van der Waals surface area contributed by atoms with E-state index in [1.54, 1.807) is 11.0 Å². The highest BCUT2D eigenvalue weighted by Crippen LogP contribution is 2.40. The van der Waals surface area contributed by atoms with Crippen molar-refractivity contribution in [1.29, 1.82) is 0 Å². The summed E-state index contributed by atoms with van der Waals surface area (Å²) in [7, 11) is 0. The Kier molecular flexibility index (Phi) is 5.57. The van der Waals surface area contributed by atoms with Gasteiger partial charge in [0.1, 0.15) is 24.4 Å². The Morgan fingerprint density at radius 2 is 1.72 bits per heavy atom. The molecule has 8 heteroatoms. The predicted molar refractivity (Wildman–Crippen MR) is 89.3 cm³/mol. The number of furan rings is 1. The molecule has 25 heavy (non-hydrogen) atoms. The van der Waals surface area contributed by atoms with Gasteiger partial charge in [-0.2, -0.15) is 0 Å². The van der Waals surface area contributed by atoms with Gasteiger partial charge in [-0.3, -0.25) is 0 Å². The number of ether oxygens (including phenoxy) is 1. The second-order valence-corrected chi connectivity index (χ2v) is 6.04. The summed E-state index contributed by atoms with van der Waals surface area (Å²) in [5.74, 6) is 0. The van der Waals surface area contributed by atoms with E-state index in [1.165, 1.54) is 6.26 Å². The van der Waals surface area contributed by atoms with Crippen LogP contribution in [0.2, 0.25) is 0 Å². The molecule has 4 atom stereocenters. The van der Waals surface area contributed by atoms with Crippen molar-refractivity contribution >= 4 is 16.7 Å². The number of fused-ring (bicyclic) bond motifs is 1. The van der Waals surface area contributed by atoms with E-state index >= 15 is 0 Å². The summed E-state index contributed by atoms with van der Waals surface area (Å²) >= 11 is 0. The van der Waals surface area contributed by atoms with Gasteiger partial charge >= 0.3 is 0 Å². The zero-order valence-electron chi connectivity index (χ0n) is 13.7. The minimum Gasteiger partial charge on any atom is -0.462 e. The lowest BCUT2D eigenvalue weighted by Crippen LogP contribution is -2.32. The molecule has 1 fully saturated rings. The Morgan fingerprint density at radius 1 is 1.00 bits per heavy atom. The maximum Gasteiger partial charge on any atom is 0.157 e. The first kappa shape index (κ1) is 18.1. The molecule has 0 unspecified atom stereocenters. The van der Waals surface area contributed by atoms with Crippen LogP contribution in [-0.2, 0) is 4.74 Å². The average molecular weight is 353 g/mol. The fourth-order valence-electron chi connectivity index (χ4n) is 3.28. The van der Waals surface area contributed by atoms with Gasteiger partial charge in [0.25, 0.3) is 0 Å². The van der Waals surface area contributed by atoms with Crippen LogP contribution in [0.4, 0.5) is 5.69 Å². The quantitative estimate of drug-likeness (QED) is 0.446. The van der Waals surface area contributed by atoms with Gasteiger partial charge in [0.05, 0.1) is 31.8 Å². The predicted octanol–water partition coefficient (Wildman–Crippen LogP) is -0.622. The molecular formula is C17H23NO7. The number of aliphatic hydroxyl groups excluding tert-OH is 5. The first-order valence-corrected chi connectivity index (χ1v) is 8.21. The van der Waals surface area contributed by atoms with E-state index < -0.39 is 31.0 Å². The number of benzene rings is 1. The number of nitrogens with zero attached hydrogens (tertiary/aromatic N) is 1. The molecule has 138 valence electrons. The summed E-state index contributed by atoms with van der Waals surface area (Å²) in [6.45, 7) is 0.140. The largest absolute Gasteiger partial charge is 0.462 e. The van der Waals surface area contributed by atoms with Crippen LogP contribution < -0.4 is 4.90 Å². The monoisotopic (exact) mass is 353 g/mol. The Balaban J connectivity index is 1.99. The van der Waals surface area contributed by atoms with E-state index in [0.29, 0.717) is 35.3 Å². The van der Waals surface area contributed by atoms with Crippen molar-refractivity contribution in [2.24, 2.45) is 0 Å². The third kappa shape index (κ3) is 3.24. The van der Waals surface area contributed by atoms with Crippen LogP contribution in [0.1, 0.15) is 11.7 Å². The van der Waals surface area contributed by atoms with Gasteiger partial charge in [0, 0.05) is 24.0 Å². The molecule has 0 amide bonds. The molecule has 0 bridgehead atoms. The van der Waals surface area contributed by atoms with Gasteiger partial charge in [0.15, 0.2) is 5.58 Å². The molecular weight excluding hydrogens is 330 g/mol. The van der Waals surface area contributed by atoms with Crippen LogP contribution in [0.5, 0.6) is 0 Å². The minimum atomic E-state index is -1.18. The maximum atomic E-state index is 10.2. The Hall–Kier alpha value is -1.68. The summed E-state index contributed by atoms with van der Waals surface area (Å²) in [5, 5.41) is 48.6. The van der Waals surface area contributed by atoms with E-state index in [4.69, 9.17) is 9.15 Å². The molecule has 2 aromatic rings. The molecule has 3 rings (SSSR count). The van der Waals surface area contributed by atoms with E-state index in [9.17, 15) is 25.5 Å². The van der Waals surface area contributed by atoms with Crippen molar-refractivity contribution in [2.75, 3.05) is 37.8 Å². The summed E-state index contributed by atoms with van der Waals surface area (Å²) in [6, 6.07) is 5.43. The number of para-hydroxylation sites is 1. The van der Waals surface area contributed by atoms with Crippen molar-refractivity contribution < 1.29 is 34.7 Å². The molecule has 0 radical (unpaired) electrons. The third-order valence-electron chi connectivity index (χ3n) is 4.54. The van der Waals surface area contributed by atoms with Crippen LogP contribution in [0.15, 0.2) is 28.9 Å². The van der Waals surface area contributed by atoms with Gasteiger partial charge in [-0.15, -0.1) is 0 Å². The van der Waals surface area contributed by atoms with Gasteiger partial charge in [0.2, 0.25) is 0 Å². The number of aliphatic hydroxyl groups is 5. The van der Waals surface area contributed by atoms with Gasteiger partial charge in [-0.25, -0.2) is 0 Å². The van der Waals surface area contributed by atoms with Crippen LogP contribution in [-0.4, -0.2) is 76.8 Å². The average Bonchev–Trinajstić information content (AvgIpc) is 3.16. The zero-order valence-corrected chi connectivity index (χ0v) is 13.7. The highest BCUT2D eigenvalue weighted by molar-refractivity contribution is 5.92. The highest BCUT2D eigenvalue weighted by Gasteiger charge is 2.44. The lowest BCUT2D eigenvalue weighted by Gasteiger charge is -2.23. The smallest absolute Gasteiger partial charge is 0.157 e. The normalized spacial score (nSPS) is 26.4. The van der Waals surface area contributed by atoms with E-state index in [-0.39, 0.29) is 13.2 Å².